The molecule has 1 heterocycles. The van der Waals surface area contributed by atoms with Gasteiger partial charge in [0.25, 0.3) is 0 Å². The van der Waals surface area contributed by atoms with Gasteiger partial charge in [0, 0.05) is 18.8 Å². The molecule has 1 aliphatic heterocycles. The standard InChI is InChI=1S/C17H26ClN3O2/c1-11(2)16-8-12(6-7-23-16)10-20-17(19)21-13-4-5-15(22-3)14(18)9-13/h4-5,9,11-12,16H,6-8,10H2,1-3H3,(H3,19,20,21). The van der Waals surface area contributed by atoms with Crippen LogP contribution in [0.2, 0.25) is 5.02 Å². The van der Waals surface area contributed by atoms with E-state index in [-0.39, 0.29) is 0 Å². The van der Waals surface area contributed by atoms with Crippen molar-refractivity contribution >= 4 is 23.2 Å². The maximum Gasteiger partial charge on any atom is 0.193 e. The molecule has 0 spiro atoms. The molecule has 1 aromatic rings. The summed E-state index contributed by atoms with van der Waals surface area (Å²) in [6.07, 6.45) is 2.41. The van der Waals surface area contributed by atoms with Gasteiger partial charge >= 0.3 is 0 Å². The van der Waals surface area contributed by atoms with E-state index in [0.29, 0.717) is 34.7 Å². The molecule has 0 amide bonds. The van der Waals surface area contributed by atoms with Crippen LogP contribution in [0.15, 0.2) is 23.2 Å². The summed E-state index contributed by atoms with van der Waals surface area (Å²) in [5, 5.41) is 3.60. The van der Waals surface area contributed by atoms with Crippen molar-refractivity contribution in [1.82, 2.24) is 0 Å². The Morgan fingerprint density at radius 2 is 2.30 bits per heavy atom. The fourth-order valence-electron chi connectivity index (χ4n) is 2.69. The van der Waals surface area contributed by atoms with Gasteiger partial charge in [0.1, 0.15) is 5.75 Å². The zero-order valence-electron chi connectivity index (χ0n) is 14.0. The summed E-state index contributed by atoms with van der Waals surface area (Å²) in [5.41, 5.74) is 6.77. The summed E-state index contributed by atoms with van der Waals surface area (Å²) in [4.78, 5) is 4.46. The van der Waals surface area contributed by atoms with Crippen molar-refractivity contribution in [2.24, 2.45) is 22.6 Å². The lowest BCUT2D eigenvalue weighted by Gasteiger charge is -2.31. The number of anilines is 1. The lowest BCUT2D eigenvalue weighted by atomic mass is 9.90. The van der Waals surface area contributed by atoms with E-state index in [2.05, 4.69) is 24.2 Å². The predicted molar refractivity (Wildman–Crippen MR) is 95.4 cm³/mol. The Hall–Kier alpha value is -1.46. The molecule has 3 N–H and O–H groups in total. The number of aliphatic imine (C=N–C) groups is 1. The van der Waals surface area contributed by atoms with Crippen LogP contribution in [0.1, 0.15) is 26.7 Å². The zero-order chi connectivity index (χ0) is 16.8. The van der Waals surface area contributed by atoms with Crippen molar-refractivity contribution < 1.29 is 9.47 Å². The zero-order valence-corrected chi connectivity index (χ0v) is 14.8. The lowest BCUT2D eigenvalue weighted by Crippen LogP contribution is -2.32. The van der Waals surface area contributed by atoms with Gasteiger partial charge in [-0.25, -0.2) is 0 Å². The van der Waals surface area contributed by atoms with E-state index in [9.17, 15) is 0 Å². The number of guanidine groups is 1. The summed E-state index contributed by atoms with van der Waals surface area (Å²) in [6.45, 7) is 5.92. The fourth-order valence-corrected chi connectivity index (χ4v) is 2.95. The number of rotatable bonds is 5. The first-order chi connectivity index (χ1) is 11.0. The number of hydrogen-bond donors (Lipinski definition) is 2. The van der Waals surface area contributed by atoms with Crippen LogP contribution in [0.25, 0.3) is 0 Å². The second-order valence-corrected chi connectivity index (χ2v) is 6.65. The Kier molecular flexibility index (Phi) is 6.54. The van der Waals surface area contributed by atoms with E-state index < -0.39 is 0 Å². The van der Waals surface area contributed by atoms with Gasteiger partial charge in [-0.3, -0.25) is 4.99 Å². The third-order valence-corrected chi connectivity index (χ3v) is 4.41. The minimum Gasteiger partial charge on any atom is -0.495 e. The molecule has 0 bridgehead atoms. The molecule has 2 atom stereocenters. The first kappa shape index (κ1) is 17.9. The Morgan fingerprint density at radius 3 is 2.96 bits per heavy atom. The van der Waals surface area contributed by atoms with Crippen molar-refractivity contribution in [3.05, 3.63) is 23.2 Å². The molecule has 6 heteroatoms. The van der Waals surface area contributed by atoms with Crippen LogP contribution in [0.4, 0.5) is 5.69 Å². The highest BCUT2D eigenvalue weighted by atomic mass is 35.5. The first-order valence-corrected chi connectivity index (χ1v) is 8.39. The minimum atomic E-state index is 0.332. The van der Waals surface area contributed by atoms with E-state index in [1.54, 1.807) is 19.2 Å². The smallest absolute Gasteiger partial charge is 0.193 e. The van der Waals surface area contributed by atoms with Crippen LogP contribution in [0, 0.1) is 11.8 Å². The van der Waals surface area contributed by atoms with Crippen LogP contribution in [0.5, 0.6) is 5.75 Å². The van der Waals surface area contributed by atoms with Crippen LogP contribution in [-0.4, -0.2) is 32.3 Å². The SMILES string of the molecule is COc1ccc(NC(N)=NCC2CCOC(C(C)C)C2)cc1Cl. The van der Waals surface area contributed by atoms with Gasteiger partial charge in [-0.2, -0.15) is 0 Å². The normalized spacial score (nSPS) is 22.2. The van der Waals surface area contributed by atoms with Gasteiger partial charge < -0.3 is 20.5 Å². The summed E-state index contributed by atoms with van der Waals surface area (Å²) >= 11 is 6.10. The number of ether oxygens (including phenoxy) is 2. The van der Waals surface area contributed by atoms with E-state index >= 15 is 0 Å². The van der Waals surface area contributed by atoms with E-state index in [1.807, 2.05) is 6.07 Å². The first-order valence-electron chi connectivity index (χ1n) is 8.01. The van der Waals surface area contributed by atoms with Gasteiger partial charge in [-0.1, -0.05) is 25.4 Å². The van der Waals surface area contributed by atoms with Crippen molar-refractivity contribution in [2.45, 2.75) is 32.8 Å². The molecule has 0 radical (unpaired) electrons. The molecule has 5 nitrogen and oxygen atoms in total. The molecule has 1 aromatic carbocycles. The molecule has 2 unspecified atom stereocenters. The molecule has 1 fully saturated rings. The number of nitrogens with zero attached hydrogens (tertiary/aromatic N) is 1. The Morgan fingerprint density at radius 1 is 1.52 bits per heavy atom. The van der Waals surface area contributed by atoms with E-state index in [0.717, 1.165) is 31.7 Å². The minimum absolute atomic E-state index is 0.332. The third kappa shape index (κ3) is 5.29. The van der Waals surface area contributed by atoms with Crippen LogP contribution in [-0.2, 0) is 4.74 Å². The van der Waals surface area contributed by atoms with Crippen molar-refractivity contribution in [3.8, 4) is 5.75 Å². The van der Waals surface area contributed by atoms with E-state index in [4.69, 9.17) is 26.8 Å². The highest BCUT2D eigenvalue weighted by Gasteiger charge is 2.24. The van der Waals surface area contributed by atoms with Crippen molar-refractivity contribution in [2.75, 3.05) is 25.6 Å². The summed E-state index contributed by atoms with van der Waals surface area (Å²) < 4.78 is 10.9. The monoisotopic (exact) mass is 339 g/mol. The number of benzene rings is 1. The van der Waals surface area contributed by atoms with Gasteiger partial charge in [0.05, 0.1) is 18.2 Å². The second-order valence-electron chi connectivity index (χ2n) is 6.24. The summed E-state index contributed by atoms with van der Waals surface area (Å²) in [7, 11) is 1.59. The maximum atomic E-state index is 6.10. The van der Waals surface area contributed by atoms with Gasteiger partial charge in [0.2, 0.25) is 0 Å². The van der Waals surface area contributed by atoms with Gasteiger partial charge in [-0.05, 0) is 42.9 Å². The largest absolute Gasteiger partial charge is 0.495 e. The lowest BCUT2D eigenvalue weighted by molar-refractivity contribution is -0.0320. The van der Waals surface area contributed by atoms with E-state index in [1.165, 1.54) is 0 Å². The van der Waals surface area contributed by atoms with Crippen molar-refractivity contribution in [3.63, 3.8) is 0 Å². The highest BCUT2D eigenvalue weighted by molar-refractivity contribution is 6.32. The summed E-state index contributed by atoms with van der Waals surface area (Å²) in [5.74, 6) is 2.10. The van der Waals surface area contributed by atoms with Crippen molar-refractivity contribution in [1.29, 1.82) is 0 Å². The molecule has 2 rings (SSSR count). The molecule has 0 saturated carbocycles. The van der Waals surface area contributed by atoms with Gasteiger partial charge in [0.15, 0.2) is 5.96 Å². The van der Waals surface area contributed by atoms with Gasteiger partial charge in [-0.15, -0.1) is 0 Å². The number of halogens is 1. The Labute approximate surface area is 143 Å². The predicted octanol–water partition coefficient (Wildman–Crippen LogP) is 3.53. The average Bonchev–Trinajstić information content (AvgIpc) is 2.53. The third-order valence-electron chi connectivity index (χ3n) is 4.11. The number of nitrogens with two attached hydrogens (primary N) is 1. The molecule has 0 aliphatic carbocycles. The average molecular weight is 340 g/mol. The summed E-state index contributed by atoms with van der Waals surface area (Å²) in [6, 6.07) is 5.42. The van der Waals surface area contributed by atoms with Crippen LogP contribution >= 0.6 is 11.6 Å². The molecule has 1 saturated heterocycles. The molecule has 128 valence electrons. The quantitative estimate of drug-likeness (QED) is 0.636. The number of hydrogen-bond acceptors (Lipinski definition) is 3. The molecule has 23 heavy (non-hydrogen) atoms. The molecular weight excluding hydrogens is 314 g/mol. The second kappa shape index (κ2) is 8.41. The Bertz CT molecular complexity index is 549. The number of nitrogens with one attached hydrogen (secondary N) is 1. The highest BCUT2D eigenvalue weighted by Crippen LogP contribution is 2.27. The topological polar surface area (TPSA) is 68.9 Å². The van der Waals surface area contributed by atoms with Crippen LogP contribution < -0.4 is 15.8 Å². The maximum absolute atomic E-state index is 6.10. The fraction of sp³-hybridized carbons (Fsp3) is 0.588. The van der Waals surface area contributed by atoms with Crippen LogP contribution in [0.3, 0.4) is 0 Å². The molecule has 0 aromatic heterocycles. The Balaban J connectivity index is 1.89. The molecule has 1 aliphatic rings. The number of methoxy groups -OCH3 is 1. The molecular formula is C17H26ClN3O2.